The third kappa shape index (κ3) is 1.48. The van der Waals surface area contributed by atoms with E-state index in [1.807, 2.05) is 7.05 Å². The Morgan fingerprint density at radius 3 is 2.94 bits per heavy atom. The SMILES string of the molecule is Cn1nc(-c2cccc(F)c2)c2c1CCC2=O. The number of Topliss-reactive ketones (excluding diaryl/α,β-unsaturated/α-hetero) is 1. The van der Waals surface area contributed by atoms with Crippen LogP contribution in [0, 0.1) is 5.82 Å². The molecule has 0 bridgehead atoms. The van der Waals surface area contributed by atoms with Gasteiger partial charge in [-0.15, -0.1) is 0 Å². The highest BCUT2D eigenvalue weighted by molar-refractivity contribution is 6.05. The van der Waals surface area contributed by atoms with E-state index in [-0.39, 0.29) is 11.6 Å². The van der Waals surface area contributed by atoms with E-state index in [4.69, 9.17) is 0 Å². The summed E-state index contributed by atoms with van der Waals surface area (Å²) in [5, 5.41) is 4.32. The first-order chi connectivity index (χ1) is 8.16. The summed E-state index contributed by atoms with van der Waals surface area (Å²) in [4.78, 5) is 11.8. The van der Waals surface area contributed by atoms with Crippen LogP contribution in [0.2, 0.25) is 0 Å². The van der Waals surface area contributed by atoms with Crippen LogP contribution >= 0.6 is 0 Å². The molecule has 0 N–H and O–H groups in total. The molecule has 17 heavy (non-hydrogen) atoms. The van der Waals surface area contributed by atoms with E-state index in [0.29, 0.717) is 23.2 Å². The lowest BCUT2D eigenvalue weighted by molar-refractivity contribution is 0.0995. The van der Waals surface area contributed by atoms with E-state index < -0.39 is 0 Å². The van der Waals surface area contributed by atoms with Crippen molar-refractivity contribution in [2.75, 3.05) is 0 Å². The Balaban J connectivity index is 2.23. The van der Waals surface area contributed by atoms with Gasteiger partial charge >= 0.3 is 0 Å². The van der Waals surface area contributed by atoms with Gasteiger partial charge in [0, 0.05) is 24.7 Å². The van der Waals surface area contributed by atoms with Crippen LogP contribution in [0.15, 0.2) is 24.3 Å². The molecule has 1 aromatic carbocycles. The molecule has 2 aromatic rings. The molecule has 86 valence electrons. The number of hydrogen-bond acceptors (Lipinski definition) is 2. The predicted octanol–water partition coefficient (Wildman–Crippen LogP) is 2.36. The molecule has 3 rings (SSSR count). The lowest BCUT2D eigenvalue weighted by Crippen LogP contribution is -1.96. The Hall–Kier alpha value is -1.97. The predicted molar refractivity (Wildman–Crippen MR) is 61.3 cm³/mol. The van der Waals surface area contributed by atoms with Crippen LogP contribution in [0.4, 0.5) is 4.39 Å². The Morgan fingerprint density at radius 1 is 1.35 bits per heavy atom. The second-order valence-corrected chi connectivity index (χ2v) is 4.23. The maximum absolute atomic E-state index is 13.2. The number of aromatic nitrogens is 2. The van der Waals surface area contributed by atoms with Gasteiger partial charge in [0.05, 0.1) is 5.56 Å². The van der Waals surface area contributed by atoms with E-state index in [9.17, 15) is 9.18 Å². The van der Waals surface area contributed by atoms with E-state index in [1.165, 1.54) is 12.1 Å². The van der Waals surface area contributed by atoms with Crippen molar-refractivity contribution in [1.29, 1.82) is 0 Å². The van der Waals surface area contributed by atoms with Crippen molar-refractivity contribution < 1.29 is 9.18 Å². The van der Waals surface area contributed by atoms with E-state index >= 15 is 0 Å². The lowest BCUT2D eigenvalue weighted by Gasteiger charge is -1.99. The van der Waals surface area contributed by atoms with Gasteiger partial charge in [0.15, 0.2) is 5.78 Å². The molecule has 0 atom stereocenters. The van der Waals surface area contributed by atoms with Crippen LogP contribution in [0.1, 0.15) is 22.5 Å². The number of carbonyl (C=O) groups excluding carboxylic acids is 1. The molecule has 1 aliphatic rings. The fourth-order valence-corrected chi connectivity index (χ4v) is 2.33. The number of carbonyl (C=O) groups is 1. The van der Waals surface area contributed by atoms with Crippen LogP contribution in [0.25, 0.3) is 11.3 Å². The Labute approximate surface area is 97.9 Å². The first-order valence-electron chi connectivity index (χ1n) is 5.52. The third-order valence-corrected chi connectivity index (χ3v) is 3.13. The minimum absolute atomic E-state index is 0.104. The summed E-state index contributed by atoms with van der Waals surface area (Å²) in [6, 6.07) is 6.20. The molecule has 0 radical (unpaired) electrons. The fraction of sp³-hybridized carbons (Fsp3) is 0.231. The van der Waals surface area contributed by atoms with Gasteiger partial charge in [-0.3, -0.25) is 9.48 Å². The van der Waals surface area contributed by atoms with Crippen molar-refractivity contribution in [2.24, 2.45) is 7.05 Å². The number of rotatable bonds is 1. The molecule has 0 amide bonds. The zero-order valence-electron chi connectivity index (χ0n) is 9.40. The molecule has 1 aromatic heterocycles. The van der Waals surface area contributed by atoms with Gasteiger partial charge in [-0.25, -0.2) is 4.39 Å². The highest BCUT2D eigenvalue weighted by Crippen LogP contribution is 2.31. The summed E-state index contributed by atoms with van der Waals surface area (Å²) in [5.41, 5.74) is 2.88. The second-order valence-electron chi connectivity index (χ2n) is 4.23. The minimum Gasteiger partial charge on any atom is -0.294 e. The van der Waals surface area contributed by atoms with Crippen molar-refractivity contribution in [2.45, 2.75) is 12.8 Å². The van der Waals surface area contributed by atoms with Gasteiger partial charge in [0.25, 0.3) is 0 Å². The first-order valence-corrected chi connectivity index (χ1v) is 5.52. The molecule has 1 heterocycles. The van der Waals surface area contributed by atoms with Gasteiger partial charge in [0.1, 0.15) is 11.5 Å². The topological polar surface area (TPSA) is 34.9 Å². The van der Waals surface area contributed by atoms with Gasteiger partial charge < -0.3 is 0 Å². The molecular formula is C13H11FN2O. The highest BCUT2D eigenvalue weighted by Gasteiger charge is 2.28. The second kappa shape index (κ2) is 3.52. The number of ketones is 1. The Kier molecular flexibility index (Phi) is 2.11. The van der Waals surface area contributed by atoms with Crippen LogP contribution in [-0.2, 0) is 13.5 Å². The summed E-state index contributed by atoms with van der Waals surface area (Å²) >= 11 is 0. The first kappa shape index (κ1) is 10.2. The normalized spacial score (nSPS) is 14.1. The molecule has 1 aliphatic carbocycles. The summed E-state index contributed by atoms with van der Waals surface area (Å²) in [5.74, 6) is -0.209. The van der Waals surface area contributed by atoms with Gasteiger partial charge in [-0.2, -0.15) is 5.10 Å². The molecule has 3 nitrogen and oxygen atoms in total. The van der Waals surface area contributed by atoms with Crippen LogP contribution in [0.3, 0.4) is 0 Å². The number of nitrogens with zero attached hydrogens (tertiary/aromatic N) is 2. The largest absolute Gasteiger partial charge is 0.294 e. The number of aryl methyl sites for hydroxylation is 1. The number of hydrogen-bond donors (Lipinski definition) is 0. The summed E-state index contributed by atoms with van der Waals surface area (Å²) in [6.07, 6.45) is 1.26. The molecule has 0 fully saturated rings. The monoisotopic (exact) mass is 230 g/mol. The van der Waals surface area contributed by atoms with Gasteiger partial charge in [-0.05, 0) is 18.6 Å². The molecular weight excluding hydrogens is 219 g/mol. The van der Waals surface area contributed by atoms with Crippen LogP contribution in [-0.4, -0.2) is 15.6 Å². The number of benzene rings is 1. The van der Waals surface area contributed by atoms with Crippen LogP contribution in [0.5, 0.6) is 0 Å². The van der Waals surface area contributed by atoms with E-state index in [0.717, 1.165) is 12.1 Å². The standard InChI is InChI=1S/C13H11FN2O/c1-16-10-5-6-11(17)12(10)13(15-16)8-3-2-4-9(14)7-8/h2-4,7H,5-6H2,1H3. The Bertz CT molecular complexity index is 616. The summed E-state index contributed by atoms with van der Waals surface area (Å²) in [7, 11) is 1.82. The number of halogens is 1. The minimum atomic E-state index is -0.313. The average molecular weight is 230 g/mol. The van der Waals surface area contributed by atoms with Gasteiger partial charge in [-0.1, -0.05) is 12.1 Å². The highest BCUT2D eigenvalue weighted by atomic mass is 19.1. The van der Waals surface area contributed by atoms with E-state index in [1.54, 1.807) is 16.8 Å². The Morgan fingerprint density at radius 2 is 2.18 bits per heavy atom. The average Bonchev–Trinajstić information content (AvgIpc) is 2.82. The molecule has 0 unspecified atom stereocenters. The van der Waals surface area contributed by atoms with Crippen LogP contribution < -0.4 is 0 Å². The van der Waals surface area contributed by atoms with Crippen molar-refractivity contribution in [3.05, 3.63) is 41.3 Å². The maximum atomic E-state index is 13.2. The van der Waals surface area contributed by atoms with Crippen molar-refractivity contribution in [3.63, 3.8) is 0 Å². The maximum Gasteiger partial charge on any atom is 0.167 e. The molecule has 0 saturated carbocycles. The van der Waals surface area contributed by atoms with Crippen molar-refractivity contribution in [1.82, 2.24) is 9.78 Å². The molecule has 0 spiro atoms. The van der Waals surface area contributed by atoms with Crippen molar-refractivity contribution in [3.8, 4) is 11.3 Å². The summed E-state index contributed by atoms with van der Waals surface area (Å²) in [6.45, 7) is 0. The molecule has 0 aliphatic heterocycles. The quantitative estimate of drug-likeness (QED) is 0.753. The fourth-order valence-electron chi connectivity index (χ4n) is 2.33. The third-order valence-electron chi connectivity index (χ3n) is 3.13. The molecule has 0 saturated heterocycles. The van der Waals surface area contributed by atoms with Crippen molar-refractivity contribution >= 4 is 5.78 Å². The zero-order valence-corrected chi connectivity index (χ0v) is 9.40. The molecule has 4 heteroatoms. The zero-order chi connectivity index (χ0) is 12.0. The number of fused-ring (bicyclic) bond motifs is 1. The smallest absolute Gasteiger partial charge is 0.167 e. The summed E-state index contributed by atoms with van der Waals surface area (Å²) < 4.78 is 14.9. The lowest BCUT2D eigenvalue weighted by atomic mass is 10.1. The van der Waals surface area contributed by atoms with E-state index in [2.05, 4.69) is 5.10 Å². The van der Waals surface area contributed by atoms with Gasteiger partial charge in [0.2, 0.25) is 0 Å².